The van der Waals surface area contributed by atoms with Crippen LogP contribution >= 0.6 is 0 Å². The largest absolute Gasteiger partial charge is 0.463 e. The van der Waals surface area contributed by atoms with E-state index in [1.807, 2.05) is 0 Å². The number of aryl methyl sites for hydroxylation is 1. The summed E-state index contributed by atoms with van der Waals surface area (Å²) in [5, 5.41) is 0. The second kappa shape index (κ2) is 5.29. The van der Waals surface area contributed by atoms with Crippen LogP contribution in [0.4, 0.5) is 0 Å². The minimum atomic E-state index is -0.578. The molecule has 1 rings (SSSR count). The SMILES string of the molecule is C=C(Cn1cc(C)c(=O)[nH]c1=O)C(=O)OCC. The molecule has 0 unspecified atom stereocenters. The molecule has 6 heteroatoms. The molecule has 0 saturated heterocycles. The predicted molar refractivity (Wildman–Crippen MR) is 61.8 cm³/mol. The Bertz CT molecular complexity index is 553. The number of carbonyl (C=O) groups excluding carboxylic acids is 1. The molecular weight excluding hydrogens is 224 g/mol. The topological polar surface area (TPSA) is 81.2 Å². The molecule has 0 saturated carbocycles. The third kappa shape index (κ3) is 3.17. The maximum Gasteiger partial charge on any atom is 0.335 e. The Morgan fingerprint density at radius 3 is 2.76 bits per heavy atom. The molecule has 1 heterocycles. The highest BCUT2D eigenvalue weighted by atomic mass is 16.5. The maximum atomic E-state index is 11.4. The van der Waals surface area contributed by atoms with Crippen molar-refractivity contribution in [2.75, 3.05) is 6.61 Å². The molecule has 17 heavy (non-hydrogen) atoms. The Morgan fingerprint density at radius 1 is 1.53 bits per heavy atom. The zero-order chi connectivity index (χ0) is 13.0. The predicted octanol–water partition coefficient (Wildman–Crippen LogP) is -0.0357. The zero-order valence-corrected chi connectivity index (χ0v) is 9.78. The normalized spacial score (nSPS) is 10.0. The molecule has 0 aromatic carbocycles. The molecule has 0 aliphatic heterocycles. The molecule has 0 spiro atoms. The average molecular weight is 238 g/mol. The van der Waals surface area contributed by atoms with E-state index in [0.717, 1.165) is 0 Å². The summed E-state index contributed by atoms with van der Waals surface area (Å²) >= 11 is 0. The number of ether oxygens (including phenoxy) is 1. The van der Waals surface area contributed by atoms with Crippen molar-refractivity contribution in [2.24, 2.45) is 0 Å². The lowest BCUT2D eigenvalue weighted by Gasteiger charge is -2.07. The number of nitrogens with one attached hydrogen (secondary N) is 1. The van der Waals surface area contributed by atoms with Crippen molar-refractivity contribution in [1.82, 2.24) is 9.55 Å². The van der Waals surface area contributed by atoms with Crippen molar-refractivity contribution in [3.8, 4) is 0 Å². The van der Waals surface area contributed by atoms with Crippen molar-refractivity contribution in [2.45, 2.75) is 20.4 Å². The number of carbonyl (C=O) groups is 1. The van der Waals surface area contributed by atoms with Crippen LogP contribution in [0.15, 0.2) is 27.9 Å². The van der Waals surface area contributed by atoms with E-state index in [-0.39, 0.29) is 18.7 Å². The van der Waals surface area contributed by atoms with Crippen LogP contribution < -0.4 is 11.2 Å². The van der Waals surface area contributed by atoms with Gasteiger partial charge in [-0.1, -0.05) is 6.58 Å². The highest BCUT2D eigenvalue weighted by Crippen LogP contribution is 1.98. The minimum absolute atomic E-state index is 0.00468. The van der Waals surface area contributed by atoms with E-state index in [9.17, 15) is 14.4 Å². The van der Waals surface area contributed by atoms with Gasteiger partial charge >= 0.3 is 11.7 Å². The molecule has 0 atom stereocenters. The second-order valence-corrected chi connectivity index (χ2v) is 3.52. The van der Waals surface area contributed by atoms with Gasteiger partial charge in [0.2, 0.25) is 0 Å². The van der Waals surface area contributed by atoms with Crippen molar-refractivity contribution >= 4 is 5.97 Å². The molecule has 1 aromatic rings. The molecule has 92 valence electrons. The number of esters is 1. The maximum absolute atomic E-state index is 11.4. The third-order valence-corrected chi connectivity index (χ3v) is 2.11. The minimum Gasteiger partial charge on any atom is -0.463 e. The smallest absolute Gasteiger partial charge is 0.335 e. The van der Waals surface area contributed by atoms with E-state index in [1.54, 1.807) is 13.8 Å². The van der Waals surface area contributed by atoms with Crippen LogP contribution in [-0.2, 0) is 16.1 Å². The van der Waals surface area contributed by atoms with Gasteiger partial charge in [0.15, 0.2) is 0 Å². The van der Waals surface area contributed by atoms with Crippen LogP contribution in [0.2, 0.25) is 0 Å². The number of rotatable bonds is 4. The van der Waals surface area contributed by atoms with Crippen LogP contribution in [0.25, 0.3) is 0 Å². The first kappa shape index (κ1) is 13.0. The Labute approximate surface area is 97.5 Å². The first-order chi connectivity index (χ1) is 7.95. The Morgan fingerprint density at radius 2 is 2.18 bits per heavy atom. The molecule has 1 N–H and O–H groups in total. The molecule has 0 aliphatic rings. The molecule has 0 radical (unpaired) electrons. The Hall–Kier alpha value is -2.11. The Kier molecular flexibility index (Phi) is 4.03. The van der Waals surface area contributed by atoms with Crippen molar-refractivity contribution in [1.29, 1.82) is 0 Å². The van der Waals surface area contributed by atoms with Gasteiger partial charge in [-0.05, 0) is 13.8 Å². The summed E-state index contributed by atoms with van der Waals surface area (Å²) < 4.78 is 5.95. The first-order valence-corrected chi connectivity index (χ1v) is 5.11. The zero-order valence-electron chi connectivity index (χ0n) is 9.78. The van der Waals surface area contributed by atoms with Gasteiger partial charge in [0.1, 0.15) is 0 Å². The van der Waals surface area contributed by atoms with Crippen molar-refractivity contribution in [3.05, 3.63) is 44.8 Å². The first-order valence-electron chi connectivity index (χ1n) is 5.11. The van der Waals surface area contributed by atoms with E-state index in [4.69, 9.17) is 4.74 Å². The van der Waals surface area contributed by atoms with Crippen molar-refractivity contribution < 1.29 is 9.53 Å². The van der Waals surface area contributed by atoms with E-state index >= 15 is 0 Å². The lowest BCUT2D eigenvalue weighted by molar-refractivity contribution is -0.138. The molecule has 0 aliphatic carbocycles. The fraction of sp³-hybridized carbons (Fsp3) is 0.364. The monoisotopic (exact) mass is 238 g/mol. The Balaban J connectivity index is 2.93. The second-order valence-electron chi connectivity index (χ2n) is 3.52. The molecule has 0 fully saturated rings. The highest BCUT2D eigenvalue weighted by molar-refractivity contribution is 5.87. The molecule has 6 nitrogen and oxygen atoms in total. The van der Waals surface area contributed by atoms with Gasteiger partial charge in [0.05, 0.1) is 13.2 Å². The molecular formula is C11H14N2O4. The molecule has 1 aromatic heterocycles. The fourth-order valence-electron chi connectivity index (χ4n) is 1.24. The molecule has 0 amide bonds. The summed E-state index contributed by atoms with van der Waals surface area (Å²) in [5.41, 5.74) is -0.472. The summed E-state index contributed by atoms with van der Waals surface area (Å²) in [4.78, 5) is 36.0. The van der Waals surface area contributed by atoms with Gasteiger partial charge in [0, 0.05) is 17.3 Å². The van der Waals surface area contributed by atoms with Gasteiger partial charge < -0.3 is 4.74 Å². The van der Waals surface area contributed by atoms with E-state index in [2.05, 4.69) is 11.6 Å². The van der Waals surface area contributed by atoms with E-state index in [0.29, 0.717) is 5.56 Å². The highest BCUT2D eigenvalue weighted by Gasteiger charge is 2.10. The van der Waals surface area contributed by atoms with Gasteiger partial charge in [-0.25, -0.2) is 9.59 Å². The number of nitrogens with zero attached hydrogens (tertiary/aromatic N) is 1. The summed E-state index contributed by atoms with van der Waals surface area (Å²) in [6.07, 6.45) is 1.38. The lowest BCUT2D eigenvalue weighted by Crippen LogP contribution is -2.32. The summed E-state index contributed by atoms with van der Waals surface area (Å²) in [7, 11) is 0. The van der Waals surface area contributed by atoms with Gasteiger partial charge in [-0.15, -0.1) is 0 Å². The van der Waals surface area contributed by atoms with Crippen molar-refractivity contribution in [3.63, 3.8) is 0 Å². The standard InChI is InChI=1S/C11H14N2O4/c1-4-17-10(15)8(3)6-13-5-7(2)9(14)12-11(13)16/h5H,3-4,6H2,1-2H3,(H,12,14,16). The van der Waals surface area contributed by atoms with Gasteiger partial charge in [-0.3, -0.25) is 14.3 Å². The average Bonchev–Trinajstić information content (AvgIpc) is 2.26. The van der Waals surface area contributed by atoms with Crippen LogP contribution in [0, 0.1) is 6.92 Å². The van der Waals surface area contributed by atoms with Crippen LogP contribution in [-0.4, -0.2) is 22.1 Å². The fourth-order valence-corrected chi connectivity index (χ4v) is 1.24. The number of aromatic amines is 1. The van der Waals surface area contributed by atoms with Gasteiger partial charge in [0.25, 0.3) is 5.56 Å². The number of hydrogen-bond acceptors (Lipinski definition) is 4. The molecule has 0 bridgehead atoms. The quantitative estimate of drug-likeness (QED) is 0.589. The third-order valence-electron chi connectivity index (χ3n) is 2.11. The van der Waals surface area contributed by atoms with Gasteiger partial charge in [-0.2, -0.15) is 0 Å². The summed E-state index contributed by atoms with van der Waals surface area (Å²) in [6.45, 7) is 7.03. The summed E-state index contributed by atoms with van der Waals surface area (Å²) in [6, 6.07) is 0. The number of hydrogen-bond donors (Lipinski definition) is 1. The number of H-pyrrole nitrogens is 1. The van der Waals surface area contributed by atoms with E-state index < -0.39 is 17.2 Å². The van der Waals surface area contributed by atoms with Crippen LogP contribution in [0.5, 0.6) is 0 Å². The lowest BCUT2D eigenvalue weighted by atomic mass is 10.3. The van der Waals surface area contributed by atoms with Crippen LogP contribution in [0.1, 0.15) is 12.5 Å². The number of aromatic nitrogens is 2. The van der Waals surface area contributed by atoms with E-state index in [1.165, 1.54) is 10.8 Å². The van der Waals surface area contributed by atoms with Crippen LogP contribution in [0.3, 0.4) is 0 Å². The summed E-state index contributed by atoms with van der Waals surface area (Å²) in [5.74, 6) is -0.553.